The normalized spacial score (nSPS) is 13.5. The van der Waals surface area contributed by atoms with Crippen LogP contribution in [0.5, 0.6) is 34.5 Å². The monoisotopic (exact) mass is 600 g/mol. The molecule has 3 heterocycles. The van der Waals surface area contributed by atoms with Crippen LogP contribution in [0.1, 0.15) is 11.1 Å². The third-order valence-corrected chi connectivity index (χ3v) is 10.3. The minimum atomic E-state index is 0.0248. The number of hydrogen-bond acceptors (Lipinski definition) is 3. The van der Waals surface area contributed by atoms with Crippen LogP contribution in [0.3, 0.4) is 0 Å². The molecule has 0 amide bonds. The van der Waals surface area contributed by atoms with Gasteiger partial charge in [-0.1, -0.05) is 103 Å². The highest BCUT2D eigenvalue weighted by Gasteiger charge is 2.46. The molecule has 0 radical (unpaired) electrons. The highest BCUT2D eigenvalue weighted by Crippen LogP contribution is 2.46. The van der Waals surface area contributed by atoms with Crippen LogP contribution >= 0.6 is 0 Å². The second-order valence-corrected chi connectivity index (χ2v) is 12.7. The Hall–Kier alpha value is -6.00. The van der Waals surface area contributed by atoms with Crippen molar-refractivity contribution in [2.75, 3.05) is 0 Å². The Bertz CT molecular complexity index is 2390. The van der Waals surface area contributed by atoms with Crippen molar-refractivity contribution in [3.05, 3.63) is 151 Å². The maximum atomic E-state index is 6.57. The zero-order valence-electron chi connectivity index (χ0n) is 25.3. The lowest BCUT2D eigenvalue weighted by Crippen LogP contribution is -2.59. The Balaban J connectivity index is 0.982. The molecule has 0 unspecified atom stereocenters. The molecule has 7 aromatic rings. The van der Waals surface area contributed by atoms with E-state index in [1.54, 1.807) is 0 Å². The second-order valence-electron chi connectivity index (χ2n) is 12.7. The van der Waals surface area contributed by atoms with Crippen molar-refractivity contribution in [3.63, 3.8) is 0 Å². The number of fused-ring (bicyclic) bond motifs is 3. The van der Waals surface area contributed by atoms with Gasteiger partial charge in [0.25, 0.3) is 6.71 Å². The van der Waals surface area contributed by atoms with Gasteiger partial charge in [0.05, 0.1) is 0 Å². The summed E-state index contributed by atoms with van der Waals surface area (Å²) in [5.41, 5.74) is 16.0. The predicted octanol–water partition coefficient (Wildman–Crippen LogP) is 9.09. The van der Waals surface area contributed by atoms with Gasteiger partial charge < -0.3 is 14.2 Å². The van der Waals surface area contributed by atoms with E-state index in [1.807, 2.05) is 36.4 Å². The van der Waals surface area contributed by atoms with Gasteiger partial charge in [-0.25, -0.2) is 0 Å². The van der Waals surface area contributed by atoms with Crippen LogP contribution < -0.4 is 30.6 Å². The van der Waals surface area contributed by atoms with Gasteiger partial charge in [0.2, 0.25) is 0 Å². The molecule has 0 bridgehead atoms. The Kier molecular flexibility index (Phi) is 4.98. The average Bonchev–Trinajstić information content (AvgIpc) is 3.51. The van der Waals surface area contributed by atoms with Crippen LogP contribution in [0.25, 0.3) is 44.5 Å². The van der Waals surface area contributed by atoms with E-state index in [2.05, 4.69) is 103 Å². The molecule has 1 aliphatic carbocycles. The van der Waals surface area contributed by atoms with Gasteiger partial charge in [-0.05, 0) is 98.5 Å². The smallest absolute Gasteiger partial charge is 0.270 e. The van der Waals surface area contributed by atoms with E-state index in [0.717, 1.165) is 68.4 Å². The van der Waals surface area contributed by atoms with Crippen molar-refractivity contribution in [2.45, 2.75) is 6.42 Å². The Labute approximate surface area is 272 Å². The van der Waals surface area contributed by atoms with Crippen molar-refractivity contribution in [1.29, 1.82) is 0 Å². The van der Waals surface area contributed by atoms with Crippen molar-refractivity contribution in [3.8, 4) is 79.0 Å². The van der Waals surface area contributed by atoms with Gasteiger partial charge in [0.1, 0.15) is 34.5 Å². The van der Waals surface area contributed by atoms with Crippen LogP contribution in [0.2, 0.25) is 0 Å². The molecule has 0 saturated heterocycles. The van der Waals surface area contributed by atoms with E-state index in [0.29, 0.717) is 0 Å². The van der Waals surface area contributed by atoms with Gasteiger partial charge in [-0.2, -0.15) is 0 Å². The summed E-state index contributed by atoms with van der Waals surface area (Å²) < 4.78 is 19.4. The first-order valence-electron chi connectivity index (χ1n) is 16.2. The number of rotatable bonds is 3. The van der Waals surface area contributed by atoms with Crippen molar-refractivity contribution < 1.29 is 14.2 Å². The fourth-order valence-electron chi connectivity index (χ4n) is 8.22. The highest BCUT2D eigenvalue weighted by atomic mass is 16.5. The van der Waals surface area contributed by atoms with Crippen LogP contribution in [0.15, 0.2) is 140 Å². The second kappa shape index (κ2) is 9.28. The zero-order valence-corrected chi connectivity index (χ0v) is 25.3. The van der Waals surface area contributed by atoms with Gasteiger partial charge in [0, 0.05) is 16.4 Å². The average molecular weight is 600 g/mol. The van der Waals surface area contributed by atoms with Gasteiger partial charge in [-0.15, -0.1) is 0 Å². The summed E-state index contributed by atoms with van der Waals surface area (Å²) in [6, 6.07) is 49.6. The van der Waals surface area contributed by atoms with E-state index >= 15 is 0 Å². The molecule has 0 aromatic heterocycles. The molecule has 4 aliphatic rings. The molecule has 0 N–H and O–H groups in total. The number of benzene rings is 7. The third-order valence-electron chi connectivity index (χ3n) is 10.3. The minimum absolute atomic E-state index is 0.0248. The Morgan fingerprint density at radius 1 is 0.340 bits per heavy atom. The molecule has 218 valence electrons. The predicted molar refractivity (Wildman–Crippen MR) is 189 cm³/mol. The van der Waals surface area contributed by atoms with Crippen molar-refractivity contribution in [1.82, 2.24) is 0 Å². The lowest BCUT2D eigenvalue weighted by atomic mass is 9.34. The molecular formula is C43H25BO3. The first kappa shape index (κ1) is 25.2. The molecule has 7 aromatic carbocycles. The SMILES string of the molecule is c1ccc(-c2cccc3c2Cc2c(-c4ccc(-c5cc6c7c(c5)Oc5cccc8c5B7c5c(cccc5O6)O8)cc4)cccc2-3)cc1. The maximum absolute atomic E-state index is 6.57. The number of hydrogen-bond donors (Lipinski definition) is 0. The van der Waals surface area contributed by atoms with Crippen LogP contribution in [-0.2, 0) is 6.42 Å². The Morgan fingerprint density at radius 3 is 1.32 bits per heavy atom. The molecule has 0 spiro atoms. The number of ether oxygens (including phenoxy) is 3. The van der Waals surface area contributed by atoms with E-state index in [1.165, 1.54) is 44.5 Å². The zero-order chi connectivity index (χ0) is 30.6. The minimum Gasteiger partial charge on any atom is -0.458 e. The van der Waals surface area contributed by atoms with E-state index in [9.17, 15) is 0 Å². The van der Waals surface area contributed by atoms with Crippen LogP contribution in [0.4, 0.5) is 0 Å². The first-order chi connectivity index (χ1) is 23.3. The van der Waals surface area contributed by atoms with E-state index < -0.39 is 0 Å². The summed E-state index contributed by atoms with van der Waals surface area (Å²) >= 11 is 0. The van der Waals surface area contributed by atoms with Crippen molar-refractivity contribution in [2.24, 2.45) is 0 Å². The Morgan fingerprint density at radius 2 is 0.766 bits per heavy atom. The quantitative estimate of drug-likeness (QED) is 0.189. The summed E-state index contributed by atoms with van der Waals surface area (Å²) in [7, 11) is 0. The third kappa shape index (κ3) is 3.53. The molecule has 11 rings (SSSR count). The molecule has 3 nitrogen and oxygen atoms in total. The lowest BCUT2D eigenvalue weighted by Gasteiger charge is -2.37. The molecule has 0 fully saturated rings. The maximum Gasteiger partial charge on any atom is 0.270 e. The summed E-state index contributed by atoms with van der Waals surface area (Å²) in [5, 5.41) is 0. The van der Waals surface area contributed by atoms with Crippen LogP contribution in [-0.4, -0.2) is 6.71 Å². The van der Waals surface area contributed by atoms with Gasteiger partial charge >= 0.3 is 0 Å². The topological polar surface area (TPSA) is 27.7 Å². The molecule has 0 saturated carbocycles. The summed E-state index contributed by atoms with van der Waals surface area (Å²) in [4.78, 5) is 0. The lowest BCUT2D eigenvalue weighted by molar-refractivity contribution is 0.443. The molecule has 4 heteroatoms. The largest absolute Gasteiger partial charge is 0.458 e. The molecular weight excluding hydrogens is 575 g/mol. The van der Waals surface area contributed by atoms with Gasteiger partial charge in [-0.3, -0.25) is 0 Å². The first-order valence-corrected chi connectivity index (χ1v) is 16.2. The standard InChI is InChI=1S/C43H25BO3/c1-2-8-26(9-3-1)29-10-4-12-31-32-13-5-11-30(34(32)24-33(29)31)27-20-18-25(19-21-27)28-22-39-43-40(23-28)47-38-17-7-15-36-42(38)44(43)41-35(45-36)14-6-16-37(41)46-39/h1-23H,24H2. The van der Waals surface area contributed by atoms with Gasteiger partial charge in [0.15, 0.2) is 0 Å². The molecule has 0 atom stereocenters. The summed E-state index contributed by atoms with van der Waals surface area (Å²) in [5.74, 6) is 5.06. The fraction of sp³-hybridized carbons (Fsp3) is 0.0233. The summed E-state index contributed by atoms with van der Waals surface area (Å²) in [6.07, 6.45) is 0.926. The van der Waals surface area contributed by atoms with Crippen LogP contribution in [0, 0.1) is 0 Å². The van der Waals surface area contributed by atoms with E-state index in [4.69, 9.17) is 14.2 Å². The fourth-order valence-corrected chi connectivity index (χ4v) is 8.22. The van der Waals surface area contributed by atoms with E-state index in [-0.39, 0.29) is 6.71 Å². The van der Waals surface area contributed by atoms with Crippen molar-refractivity contribution >= 4 is 23.1 Å². The molecule has 3 aliphatic heterocycles. The molecule has 47 heavy (non-hydrogen) atoms. The highest BCUT2D eigenvalue weighted by molar-refractivity contribution is 6.99. The summed E-state index contributed by atoms with van der Waals surface area (Å²) in [6.45, 7) is 0.0248.